The Morgan fingerprint density at radius 2 is 2.17 bits per heavy atom. The van der Waals surface area contributed by atoms with Gasteiger partial charge in [-0.05, 0) is 6.42 Å². The summed E-state index contributed by atoms with van der Waals surface area (Å²) in [6.45, 7) is 2.40. The summed E-state index contributed by atoms with van der Waals surface area (Å²) in [5.41, 5.74) is 6.04. The first kappa shape index (κ1) is 13.0. The zero-order chi connectivity index (χ0) is 13.1. The Morgan fingerprint density at radius 3 is 2.78 bits per heavy atom. The number of fused-ring (bicyclic) bond motifs is 1. The lowest BCUT2D eigenvalue weighted by atomic mass is 10.1. The Kier molecular flexibility index (Phi) is 3.93. The minimum Gasteiger partial charge on any atom is -0.454 e. The summed E-state index contributed by atoms with van der Waals surface area (Å²) >= 11 is 6.06. The Bertz CT molecular complexity index is 461. The van der Waals surface area contributed by atoms with Gasteiger partial charge in [0.05, 0.1) is 16.6 Å². The van der Waals surface area contributed by atoms with Gasteiger partial charge in [-0.25, -0.2) is 0 Å². The normalized spacial score (nSPS) is 14.4. The molecule has 6 heteroatoms. The maximum atomic E-state index is 11.9. The molecule has 98 valence electrons. The molecule has 2 rings (SSSR count). The monoisotopic (exact) mass is 270 g/mol. The van der Waals surface area contributed by atoms with Crippen LogP contribution in [0.3, 0.4) is 0 Å². The van der Waals surface area contributed by atoms with Crippen molar-refractivity contribution in [2.45, 2.75) is 13.3 Å². The van der Waals surface area contributed by atoms with Crippen LogP contribution in [0.4, 0.5) is 5.69 Å². The van der Waals surface area contributed by atoms with Gasteiger partial charge in [0.2, 0.25) is 12.7 Å². The summed E-state index contributed by atoms with van der Waals surface area (Å²) in [6.07, 6.45) is 0.685. The summed E-state index contributed by atoms with van der Waals surface area (Å²) in [5, 5.41) is 3.17. The zero-order valence-electron chi connectivity index (χ0n) is 10.0. The van der Waals surface area contributed by atoms with Crippen molar-refractivity contribution in [3.8, 4) is 11.5 Å². The highest BCUT2D eigenvalue weighted by atomic mass is 35.5. The first-order valence-electron chi connectivity index (χ1n) is 5.75. The third kappa shape index (κ3) is 2.52. The second kappa shape index (κ2) is 5.46. The fourth-order valence-electron chi connectivity index (χ4n) is 1.71. The van der Waals surface area contributed by atoms with Gasteiger partial charge >= 0.3 is 0 Å². The topological polar surface area (TPSA) is 73.6 Å². The molecule has 0 aliphatic carbocycles. The molecule has 0 radical (unpaired) electrons. The number of ether oxygens (including phenoxy) is 2. The number of benzene rings is 1. The van der Waals surface area contributed by atoms with Crippen molar-refractivity contribution >= 4 is 23.2 Å². The third-order valence-corrected chi connectivity index (χ3v) is 3.18. The van der Waals surface area contributed by atoms with E-state index in [1.165, 1.54) is 0 Å². The number of halogens is 1. The van der Waals surface area contributed by atoms with Crippen LogP contribution < -0.4 is 20.5 Å². The van der Waals surface area contributed by atoms with E-state index in [-0.39, 0.29) is 18.6 Å². The molecular formula is C12H15ClN2O3. The standard InChI is InChI=1S/C12H15ClN2O3/c1-2-7(5-14)12(16)15-9-4-11-10(3-8(9)13)17-6-18-11/h3-4,7H,2,5-6,14H2,1H3,(H,15,16). The van der Waals surface area contributed by atoms with Crippen LogP contribution in [-0.2, 0) is 4.79 Å². The average Bonchev–Trinajstić information content (AvgIpc) is 2.78. The van der Waals surface area contributed by atoms with E-state index in [2.05, 4.69) is 5.32 Å². The number of nitrogens with one attached hydrogen (secondary N) is 1. The molecule has 18 heavy (non-hydrogen) atoms. The second-order valence-electron chi connectivity index (χ2n) is 4.02. The summed E-state index contributed by atoms with van der Waals surface area (Å²) < 4.78 is 10.4. The van der Waals surface area contributed by atoms with Crippen LogP contribution >= 0.6 is 11.6 Å². The molecule has 1 aromatic rings. The molecule has 1 unspecified atom stereocenters. The maximum Gasteiger partial charge on any atom is 0.231 e. The first-order valence-corrected chi connectivity index (χ1v) is 6.13. The molecule has 0 saturated carbocycles. The Morgan fingerprint density at radius 1 is 1.50 bits per heavy atom. The summed E-state index contributed by atoms with van der Waals surface area (Å²) in [7, 11) is 0. The van der Waals surface area contributed by atoms with Crippen molar-refractivity contribution in [2.75, 3.05) is 18.7 Å². The van der Waals surface area contributed by atoms with E-state index in [1.807, 2.05) is 6.92 Å². The van der Waals surface area contributed by atoms with Crippen LogP contribution in [0.15, 0.2) is 12.1 Å². The lowest BCUT2D eigenvalue weighted by molar-refractivity contribution is -0.119. The fourth-order valence-corrected chi connectivity index (χ4v) is 1.91. The second-order valence-corrected chi connectivity index (χ2v) is 4.42. The highest BCUT2D eigenvalue weighted by Gasteiger charge is 2.20. The zero-order valence-corrected chi connectivity index (χ0v) is 10.8. The molecule has 1 aliphatic rings. The van der Waals surface area contributed by atoms with E-state index in [0.717, 1.165) is 0 Å². The largest absolute Gasteiger partial charge is 0.454 e. The van der Waals surface area contributed by atoms with E-state index >= 15 is 0 Å². The molecule has 0 bridgehead atoms. The molecule has 0 aromatic heterocycles. The number of hydrogen-bond acceptors (Lipinski definition) is 4. The van der Waals surface area contributed by atoms with Crippen molar-refractivity contribution < 1.29 is 14.3 Å². The number of amides is 1. The van der Waals surface area contributed by atoms with Gasteiger partial charge in [0.1, 0.15) is 0 Å². The lowest BCUT2D eigenvalue weighted by Gasteiger charge is -2.14. The van der Waals surface area contributed by atoms with Gasteiger partial charge in [-0.2, -0.15) is 0 Å². The maximum absolute atomic E-state index is 11.9. The average molecular weight is 271 g/mol. The predicted molar refractivity (Wildman–Crippen MR) is 69.0 cm³/mol. The van der Waals surface area contributed by atoms with Crippen molar-refractivity contribution in [1.82, 2.24) is 0 Å². The molecule has 5 nitrogen and oxygen atoms in total. The van der Waals surface area contributed by atoms with Crippen molar-refractivity contribution in [1.29, 1.82) is 0 Å². The lowest BCUT2D eigenvalue weighted by Crippen LogP contribution is -2.28. The van der Waals surface area contributed by atoms with Crippen molar-refractivity contribution in [3.63, 3.8) is 0 Å². The quantitative estimate of drug-likeness (QED) is 0.878. The van der Waals surface area contributed by atoms with E-state index in [9.17, 15) is 4.79 Å². The Hall–Kier alpha value is -1.46. The van der Waals surface area contributed by atoms with Crippen molar-refractivity contribution in [3.05, 3.63) is 17.2 Å². The molecule has 0 fully saturated rings. The minimum absolute atomic E-state index is 0.138. The molecule has 1 heterocycles. The van der Waals surface area contributed by atoms with Crippen LogP contribution in [0, 0.1) is 5.92 Å². The van der Waals surface area contributed by atoms with Crippen LogP contribution in [0.2, 0.25) is 5.02 Å². The highest BCUT2D eigenvalue weighted by molar-refractivity contribution is 6.34. The molecule has 1 atom stereocenters. The van der Waals surface area contributed by atoms with Crippen LogP contribution in [0.25, 0.3) is 0 Å². The van der Waals surface area contributed by atoms with Gasteiger partial charge in [-0.3, -0.25) is 4.79 Å². The SMILES string of the molecule is CCC(CN)C(=O)Nc1cc2c(cc1Cl)OCO2. The minimum atomic E-state index is -0.216. The molecule has 1 aromatic carbocycles. The Labute approximate surface area is 110 Å². The number of nitrogens with two attached hydrogens (primary N) is 1. The number of rotatable bonds is 4. The van der Waals surface area contributed by atoms with E-state index < -0.39 is 0 Å². The van der Waals surface area contributed by atoms with Gasteiger partial charge in [-0.1, -0.05) is 18.5 Å². The molecule has 3 N–H and O–H groups in total. The smallest absolute Gasteiger partial charge is 0.231 e. The summed E-state index contributed by atoms with van der Waals surface area (Å²) in [5.74, 6) is 0.812. The molecule has 1 aliphatic heterocycles. The van der Waals surface area contributed by atoms with Gasteiger partial charge in [0.15, 0.2) is 11.5 Å². The van der Waals surface area contributed by atoms with Gasteiger partial charge < -0.3 is 20.5 Å². The molecular weight excluding hydrogens is 256 g/mol. The fraction of sp³-hybridized carbons (Fsp3) is 0.417. The first-order chi connectivity index (χ1) is 8.65. The molecule has 0 saturated heterocycles. The van der Waals surface area contributed by atoms with E-state index in [4.69, 9.17) is 26.8 Å². The number of carbonyl (C=O) groups excluding carboxylic acids is 1. The molecule has 0 spiro atoms. The molecule has 1 amide bonds. The van der Waals surface area contributed by atoms with Crippen LogP contribution in [-0.4, -0.2) is 19.2 Å². The van der Waals surface area contributed by atoms with Gasteiger partial charge in [0, 0.05) is 18.7 Å². The third-order valence-electron chi connectivity index (χ3n) is 2.87. The number of anilines is 1. The van der Waals surface area contributed by atoms with Crippen molar-refractivity contribution in [2.24, 2.45) is 11.7 Å². The summed E-state index contributed by atoms with van der Waals surface area (Å²) in [4.78, 5) is 11.9. The Balaban J connectivity index is 2.17. The summed E-state index contributed by atoms with van der Waals surface area (Å²) in [6, 6.07) is 3.29. The van der Waals surface area contributed by atoms with E-state index in [1.54, 1.807) is 12.1 Å². The number of hydrogen-bond donors (Lipinski definition) is 2. The van der Waals surface area contributed by atoms with Crippen LogP contribution in [0.5, 0.6) is 11.5 Å². The van der Waals surface area contributed by atoms with Crippen LogP contribution in [0.1, 0.15) is 13.3 Å². The number of carbonyl (C=O) groups is 1. The van der Waals surface area contributed by atoms with Gasteiger partial charge in [0.25, 0.3) is 0 Å². The van der Waals surface area contributed by atoms with Gasteiger partial charge in [-0.15, -0.1) is 0 Å². The van der Waals surface area contributed by atoms with E-state index in [0.29, 0.717) is 35.2 Å². The highest BCUT2D eigenvalue weighted by Crippen LogP contribution is 2.39. The predicted octanol–water partition coefficient (Wildman–Crippen LogP) is 1.99.